The highest BCUT2D eigenvalue weighted by Crippen LogP contribution is 2.25. The molecular weight excluding hydrogens is 380 g/mol. The second-order valence-corrected chi connectivity index (χ2v) is 7.08. The van der Waals surface area contributed by atoms with Crippen molar-refractivity contribution in [3.63, 3.8) is 0 Å². The van der Waals surface area contributed by atoms with Crippen LogP contribution in [0.3, 0.4) is 0 Å². The summed E-state index contributed by atoms with van der Waals surface area (Å²) in [6.07, 6.45) is 2.06. The number of rotatable bonds is 15. The van der Waals surface area contributed by atoms with Crippen LogP contribution >= 0.6 is 0 Å². The van der Waals surface area contributed by atoms with E-state index < -0.39 is 18.1 Å². The molecule has 0 bridgehead atoms. The van der Waals surface area contributed by atoms with Crippen molar-refractivity contribution in [3.05, 3.63) is 0 Å². The summed E-state index contributed by atoms with van der Waals surface area (Å²) >= 11 is 0. The zero-order valence-corrected chi connectivity index (χ0v) is 17.7. The maximum absolute atomic E-state index is 12.6. The second-order valence-electron chi connectivity index (χ2n) is 7.08. The molecule has 0 saturated carbocycles. The summed E-state index contributed by atoms with van der Waals surface area (Å²) in [6, 6.07) is -0.825. The lowest BCUT2D eigenvalue weighted by Gasteiger charge is -2.32. The van der Waals surface area contributed by atoms with Crippen LogP contribution < -0.4 is 16.4 Å². The van der Waals surface area contributed by atoms with Crippen LogP contribution in [0.1, 0.15) is 26.7 Å². The molecule has 29 heavy (non-hydrogen) atoms. The number of carbonyl (C=O) groups excluding carboxylic acids is 3. The average molecular weight is 417 g/mol. The second kappa shape index (κ2) is 14.3. The summed E-state index contributed by atoms with van der Waals surface area (Å²) in [5.41, 5.74) is 5.31. The Morgan fingerprint density at radius 3 is 2.48 bits per heavy atom. The summed E-state index contributed by atoms with van der Waals surface area (Å²) in [5, 5.41) is 5.43. The molecule has 4 N–H and O–H groups in total. The highest BCUT2D eigenvalue weighted by atomic mass is 16.5. The molecule has 10 heteroatoms. The minimum Gasteiger partial charge on any atom is -0.378 e. The molecule has 3 amide bonds. The molecule has 4 atom stereocenters. The number of amides is 3. The van der Waals surface area contributed by atoms with Crippen LogP contribution in [0.25, 0.3) is 0 Å². The van der Waals surface area contributed by atoms with Gasteiger partial charge in [0.1, 0.15) is 6.04 Å². The van der Waals surface area contributed by atoms with Crippen LogP contribution in [0.4, 0.5) is 0 Å². The van der Waals surface area contributed by atoms with E-state index in [1.807, 2.05) is 0 Å². The third-order valence-corrected chi connectivity index (χ3v) is 4.97. The van der Waals surface area contributed by atoms with E-state index in [-0.39, 0.29) is 17.9 Å². The van der Waals surface area contributed by atoms with Crippen molar-refractivity contribution in [3.8, 4) is 0 Å². The molecule has 3 unspecified atom stereocenters. The Balaban J connectivity index is 2.33. The van der Waals surface area contributed by atoms with E-state index in [0.717, 1.165) is 19.3 Å². The molecular formula is C19H36N4O6. The SMILES string of the molecule is COC(C(C)C(=O)N[C@@H](C)C(=O)NCCOCCOCCN)C1CCCN1C=O. The van der Waals surface area contributed by atoms with Crippen LogP contribution in [0, 0.1) is 5.92 Å². The van der Waals surface area contributed by atoms with Crippen LogP contribution in [0.2, 0.25) is 0 Å². The van der Waals surface area contributed by atoms with Gasteiger partial charge in [0.2, 0.25) is 18.2 Å². The number of ether oxygens (including phenoxy) is 3. The van der Waals surface area contributed by atoms with Crippen molar-refractivity contribution in [2.45, 2.75) is 44.9 Å². The van der Waals surface area contributed by atoms with Gasteiger partial charge < -0.3 is 35.5 Å². The predicted molar refractivity (Wildman–Crippen MR) is 107 cm³/mol. The normalized spacial score (nSPS) is 19.4. The van der Waals surface area contributed by atoms with Crippen LogP contribution in [-0.4, -0.2) is 94.5 Å². The van der Waals surface area contributed by atoms with Gasteiger partial charge >= 0.3 is 0 Å². The summed E-state index contributed by atoms with van der Waals surface area (Å²) < 4.78 is 16.0. The van der Waals surface area contributed by atoms with E-state index in [4.69, 9.17) is 19.9 Å². The first-order valence-corrected chi connectivity index (χ1v) is 10.1. The van der Waals surface area contributed by atoms with Crippen LogP contribution in [0.15, 0.2) is 0 Å². The van der Waals surface area contributed by atoms with Gasteiger partial charge in [0.15, 0.2) is 0 Å². The lowest BCUT2D eigenvalue weighted by molar-refractivity contribution is -0.136. The number of methoxy groups -OCH3 is 1. The molecule has 10 nitrogen and oxygen atoms in total. The Kier molecular flexibility index (Phi) is 12.4. The minimum absolute atomic E-state index is 0.131. The van der Waals surface area contributed by atoms with Gasteiger partial charge in [-0.1, -0.05) is 6.92 Å². The number of nitrogens with one attached hydrogen (secondary N) is 2. The van der Waals surface area contributed by atoms with Crippen LogP contribution in [0.5, 0.6) is 0 Å². The quantitative estimate of drug-likeness (QED) is 0.227. The van der Waals surface area contributed by atoms with E-state index in [9.17, 15) is 14.4 Å². The number of nitrogens with two attached hydrogens (primary N) is 1. The molecule has 0 radical (unpaired) electrons. The van der Waals surface area contributed by atoms with E-state index >= 15 is 0 Å². The van der Waals surface area contributed by atoms with E-state index in [1.54, 1.807) is 18.7 Å². The van der Waals surface area contributed by atoms with Gasteiger partial charge in [0, 0.05) is 26.7 Å². The zero-order valence-electron chi connectivity index (χ0n) is 17.7. The molecule has 0 aromatic heterocycles. The third kappa shape index (κ3) is 8.65. The first-order chi connectivity index (χ1) is 14.0. The maximum atomic E-state index is 12.6. The average Bonchev–Trinajstić information content (AvgIpc) is 3.18. The summed E-state index contributed by atoms with van der Waals surface area (Å²) in [5.74, 6) is -1.08. The molecule has 0 aromatic carbocycles. The maximum Gasteiger partial charge on any atom is 0.242 e. The number of nitrogens with zero attached hydrogens (tertiary/aromatic N) is 1. The lowest BCUT2D eigenvalue weighted by Crippen LogP contribution is -2.51. The fourth-order valence-corrected chi connectivity index (χ4v) is 3.36. The predicted octanol–water partition coefficient (Wildman–Crippen LogP) is -1.13. The molecule has 0 aliphatic carbocycles. The largest absolute Gasteiger partial charge is 0.378 e. The fraction of sp³-hybridized carbons (Fsp3) is 0.842. The first-order valence-electron chi connectivity index (χ1n) is 10.1. The molecule has 1 aliphatic rings. The Morgan fingerprint density at radius 2 is 1.86 bits per heavy atom. The van der Waals surface area contributed by atoms with Crippen molar-refractivity contribution < 1.29 is 28.6 Å². The van der Waals surface area contributed by atoms with Crippen molar-refractivity contribution in [1.29, 1.82) is 0 Å². The van der Waals surface area contributed by atoms with Gasteiger partial charge in [-0.3, -0.25) is 14.4 Å². The Hall–Kier alpha value is -1.75. The van der Waals surface area contributed by atoms with E-state index in [1.165, 1.54) is 7.11 Å². The highest BCUT2D eigenvalue weighted by molar-refractivity contribution is 5.88. The van der Waals surface area contributed by atoms with E-state index in [2.05, 4.69) is 10.6 Å². The van der Waals surface area contributed by atoms with Gasteiger partial charge in [0.25, 0.3) is 0 Å². The first kappa shape index (κ1) is 25.3. The Morgan fingerprint density at radius 1 is 1.17 bits per heavy atom. The fourth-order valence-electron chi connectivity index (χ4n) is 3.36. The standard InChI is InChI=1S/C19H36N4O6/c1-14(17(27-3)16-5-4-8-23(16)13-24)18(25)22-15(2)19(26)21-7-10-29-12-11-28-9-6-20/h13-17H,4-12,20H2,1-3H3,(H,21,26)(H,22,25)/t14?,15-,16?,17?/m0/s1. The number of hydrogen-bond acceptors (Lipinski definition) is 7. The smallest absolute Gasteiger partial charge is 0.242 e. The molecule has 0 aromatic rings. The summed E-state index contributed by atoms with van der Waals surface area (Å²) in [6.45, 7) is 6.57. The minimum atomic E-state index is -0.693. The molecule has 1 fully saturated rings. The molecule has 1 rings (SSSR count). The van der Waals surface area contributed by atoms with Crippen molar-refractivity contribution in [1.82, 2.24) is 15.5 Å². The van der Waals surface area contributed by atoms with E-state index in [0.29, 0.717) is 46.1 Å². The Labute approximate surface area is 172 Å². The van der Waals surface area contributed by atoms with Crippen molar-refractivity contribution in [2.75, 3.05) is 53.2 Å². The van der Waals surface area contributed by atoms with Crippen LogP contribution in [-0.2, 0) is 28.6 Å². The summed E-state index contributed by atoms with van der Waals surface area (Å²) in [4.78, 5) is 37.6. The van der Waals surface area contributed by atoms with Crippen molar-refractivity contribution >= 4 is 18.2 Å². The topological polar surface area (TPSA) is 132 Å². The van der Waals surface area contributed by atoms with Gasteiger partial charge in [-0.05, 0) is 19.8 Å². The lowest BCUT2D eigenvalue weighted by atomic mass is 9.95. The monoisotopic (exact) mass is 416 g/mol. The molecule has 1 heterocycles. The molecule has 0 spiro atoms. The van der Waals surface area contributed by atoms with Gasteiger partial charge in [-0.25, -0.2) is 0 Å². The number of carbonyl (C=O) groups is 3. The zero-order chi connectivity index (χ0) is 21.6. The number of hydrogen-bond donors (Lipinski definition) is 3. The third-order valence-electron chi connectivity index (χ3n) is 4.97. The Bertz CT molecular complexity index is 507. The summed E-state index contributed by atoms with van der Waals surface area (Å²) in [7, 11) is 1.53. The number of likely N-dealkylation sites (tertiary alicyclic amines) is 1. The highest BCUT2D eigenvalue weighted by Gasteiger charge is 2.37. The molecule has 1 saturated heterocycles. The van der Waals surface area contributed by atoms with Crippen molar-refractivity contribution in [2.24, 2.45) is 11.7 Å². The molecule has 1 aliphatic heterocycles. The molecule has 168 valence electrons. The van der Waals surface area contributed by atoms with Gasteiger partial charge in [-0.15, -0.1) is 0 Å². The van der Waals surface area contributed by atoms with Gasteiger partial charge in [0.05, 0.1) is 44.5 Å². The van der Waals surface area contributed by atoms with Gasteiger partial charge in [-0.2, -0.15) is 0 Å².